The van der Waals surface area contributed by atoms with Gasteiger partial charge in [0.15, 0.2) is 10.7 Å². The molecule has 0 saturated heterocycles. The number of rotatable bonds is 3. The van der Waals surface area contributed by atoms with Crippen molar-refractivity contribution in [2.75, 3.05) is 5.32 Å². The van der Waals surface area contributed by atoms with Gasteiger partial charge in [-0.3, -0.25) is 4.79 Å². The van der Waals surface area contributed by atoms with Crippen LogP contribution in [0.2, 0.25) is 0 Å². The van der Waals surface area contributed by atoms with Gasteiger partial charge in [0.05, 0.1) is 4.47 Å². The Morgan fingerprint density at radius 1 is 1.45 bits per heavy atom. The molecule has 0 fully saturated rings. The van der Waals surface area contributed by atoms with Crippen molar-refractivity contribution in [3.8, 4) is 0 Å². The highest BCUT2D eigenvalue weighted by atomic mass is 79.9. The average Bonchev–Trinajstić information content (AvgIpc) is 2.85. The van der Waals surface area contributed by atoms with Crippen LogP contribution < -0.4 is 5.32 Å². The van der Waals surface area contributed by atoms with E-state index in [2.05, 4.69) is 26.2 Å². The molecule has 8 heteroatoms. The second kappa shape index (κ2) is 5.68. The van der Waals surface area contributed by atoms with Crippen LogP contribution in [0.25, 0.3) is 0 Å². The Balaban J connectivity index is 2.23. The summed E-state index contributed by atoms with van der Waals surface area (Å²) in [6.45, 7) is 1.65. The largest absolute Gasteiger partial charge is 0.476 e. The Morgan fingerprint density at radius 3 is 2.75 bits per heavy atom. The number of carboxylic acids is 1. The van der Waals surface area contributed by atoms with E-state index in [4.69, 9.17) is 5.11 Å². The van der Waals surface area contributed by atoms with Gasteiger partial charge in [0.25, 0.3) is 5.91 Å². The number of carbonyl (C=O) groups is 2. The number of hydrogen-bond acceptors (Lipinski definition) is 4. The third kappa shape index (κ3) is 3.02. The van der Waals surface area contributed by atoms with Crippen LogP contribution in [0.5, 0.6) is 0 Å². The number of aromatic nitrogens is 1. The zero-order valence-electron chi connectivity index (χ0n) is 10.1. The Labute approximate surface area is 125 Å². The number of aryl methyl sites for hydroxylation is 1. The first-order valence-electron chi connectivity index (χ1n) is 5.34. The summed E-state index contributed by atoms with van der Waals surface area (Å²) in [4.78, 5) is 26.3. The first-order chi connectivity index (χ1) is 9.38. The van der Waals surface area contributed by atoms with E-state index in [1.54, 1.807) is 6.92 Å². The standard InChI is InChI=1S/C12H8BrFN2O3S/c1-5-2-7(14)6(13)3-8(5)15-10(17)11-16-9(4-20-11)12(18)19/h2-4H,1H3,(H,15,17)(H,18,19). The Bertz CT molecular complexity index is 702. The van der Waals surface area contributed by atoms with Gasteiger partial charge in [0, 0.05) is 11.1 Å². The number of hydrogen-bond donors (Lipinski definition) is 2. The fraction of sp³-hybridized carbons (Fsp3) is 0.0833. The molecule has 0 unspecified atom stereocenters. The number of nitrogens with one attached hydrogen (secondary N) is 1. The van der Waals surface area contributed by atoms with Crippen molar-refractivity contribution in [2.45, 2.75) is 6.92 Å². The van der Waals surface area contributed by atoms with Crippen molar-refractivity contribution in [2.24, 2.45) is 0 Å². The van der Waals surface area contributed by atoms with E-state index >= 15 is 0 Å². The van der Waals surface area contributed by atoms with Gasteiger partial charge in [-0.05, 0) is 40.5 Å². The maximum absolute atomic E-state index is 13.3. The molecule has 1 aromatic carbocycles. The van der Waals surface area contributed by atoms with Crippen LogP contribution in [0.4, 0.5) is 10.1 Å². The van der Waals surface area contributed by atoms with E-state index in [9.17, 15) is 14.0 Å². The van der Waals surface area contributed by atoms with E-state index in [0.717, 1.165) is 11.3 Å². The van der Waals surface area contributed by atoms with Gasteiger partial charge in [-0.2, -0.15) is 0 Å². The maximum atomic E-state index is 13.3. The Kier molecular flexibility index (Phi) is 4.15. The zero-order valence-corrected chi connectivity index (χ0v) is 12.5. The van der Waals surface area contributed by atoms with E-state index < -0.39 is 17.7 Å². The number of amides is 1. The summed E-state index contributed by atoms with van der Waals surface area (Å²) in [7, 11) is 0. The lowest BCUT2D eigenvalue weighted by molar-refractivity contribution is 0.0691. The summed E-state index contributed by atoms with van der Waals surface area (Å²) in [5.41, 5.74) is 0.793. The van der Waals surface area contributed by atoms with Crippen LogP contribution in [0.15, 0.2) is 22.0 Å². The molecule has 20 heavy (non-hydrogen) atoms. The molecule has 0 aliphatic carbocycles. The highest BCUT2D eigenvalue weighted by Crippen LogP contribution is 2.25. The molecule has 1 amide bonds. The van der Waals surface area contributed by atoms with Crippen LogP contribution in [0.1, 0.15) is 25.9 Å². The van der Waals surface area contributed by atoms with E-state index in [1.807, 2.05) is 0 Å². The zero-order chi connectivity index (χ0) is 14.9. The molecule has 0 atom stereocenters. The Hall–Kier alpha value is -1.80. The number of aromatic carboxylic acids is 1. The molecule has 1 heterocycles. The van der Waals surface area contributed by atoms with Crippen molar-refractivity contribution in [3.63, 3.8) is 0 Å². The lowest BCUT2D eigenvalue weighted by Gasteiger charge is -2.08. The topological polar surface area (TPSA) is 79.3 Å². The fourth-order valence-electron chi connectivity index (χ4n) is 1.43. The number of carbonyl (C=O) groups excluding carboxylic acids is 1. The number of thiazole rings is 1. The van der Waals surface area contributed by atoms with Gasteiger partial charge < -0.3 is 10.4 Å². The van der Waals surface area contributed by atoms with Crippen LogP contribution in [-0.4, -0.2) is 22.0 Å². The summed E-state index contributed by atoms with van der Waals surface area (Å²) >= 11 is 3.96. The van der Waals surface area contributed by atoms with Crippen molar-refractivity contribution in [1.29, 1.82) is 0 Å². The van der Waals surface area contributed by atoms with E-state index in [0.29, 0.717) is 11.3 Å². The molecule has 0 aliphatic heterocycles. The van der Waals surface area contributed by atoms with Crippen molar-refractivity contribution >= 4 is 44.8 Å². The van der Waals surface area contributed by atoms with Gasteiger partial charge in [-0.1, -0.05) is 0 Å². The minimum Gasteiger partial charge on any atom is -0.476 e. The maximum Gasteiger partial charge on any atom is 0.355 e. The van der Waals surface area contributed by atoms with E-state index in [1.165, 1.54) is 17.5 Å². The molecule has 0 radical (unpaired) electrons. The molecule has 5 nitrogen and oxygen atoms in total. The minimum absolute atomic E-state index is 0.0299. The van der Waals surface area contributed by atoms with E-state index in [-0.39, 0.29) is 15.2 Å². The van der Waals surface area contributed by atoms with Crippen LogP contribution >= 0.6 is 27.3 Å². The second-order valence-corrected chi connectivity index (χ2v) is 5.59. The molecule has 2 N–H and O–H groups in total. The minimum atomic E-state index is -1.19. The molecule has 0 bridgehead atoms. The first-order valence-corrected chi connectivity index (χ1v) is 7.01. The number of halogens is 2. The van der Waals surface area contributed by atoms with Gasteiger partial charge in [-0.15, -0.1) is 11.3 Å². The highest BCUT2D eigenvalue weighted by Gasteiger charge is 2.16. The third-order valence-corrected chi connectivity index (χ3v) is 3.88. The van der Waals surface area contributed by atoms with Crippen LogP contribution in [0, 0.1) is 12.7 Å². The first kappa shape index (κ1) is 14.6. The number of anilines is 1. The molecular formula is C12H8BrFN2O3S. The summed E-state index contributed by atoms with van der Waals surface area (Å²) in [5, 5.41) is 12.6. The van der Waals surface area contributed by atoms with Crippen LogP contribution in [-0.2, 0) is 0 Å². The number of carboxylic acid groups (broad SMARTS) is 1. The predicted molar refractivity (Wildman–Crippen MR) is 75.9 cm³/mol. The van der Waals surface area contributed by atoms with Gasteiger partial charge in [0.2, 0.25) is 0 Å². The van der Waals surface area contributed by atoms with Crippen molar-refractivity contribution in [1.82, 2.24) is 4.98 Å². The molecular weight excluding hydrogens is 351 g/mol. The number of nitrogens with zero attached hydrogens (tertiary/aromatic N) is 1. The monoisotopic (exact) mass is 358 g/mol. The van der Waals surface area contributed by atoms with Crippen molar-refractivity contribution < 1.29 is 19.1 Å². The molecule has 2 aromatic rings. The summed E-state index contributed by atoms with van der Waals surface area (Å²) in [6.07, 6.45) is 0. The lowest BCUT2D eigenvalue weighted by Crippen LogP contribution is -2.13. The third-order valence-electron chi connectivity index (χ3n) is 2.43. The van der Waals surface area contributed by atoms with Crippen molar-refractivity contribution in [3.05, 3.63) is 44.1 Å². The summed E-state index contributed by atoms with van der Waals surface area (Å²) in [5.74, 6) is -2.16. The molecule has 2 rings (SSSR count). The van der Waals surface area contributed by atoms with Gasteiger partial charge >= 0.3 is 5.97 Å². The summed E-state index contributed by atoms with van der Waals surface area (Å²) in [6, 6.07) is 2.72. The highest BCUT2D eigenvalue weighted by molar-refractivity contribution is 9.10. The second-order valence-electron chi connectivity index (χ2n) is 3.88. The lowest BCUT2D eigenvalue weighted by atomic mass is 10.2. The summed E-state index contributed by atoms with van der Waals surface area (Å²) < 4.78 is 13.5. The van der Waals surface area contributed by atoms with Crippen LogP contribution in [0.3, 0.4) is 0 Å². The SMILES string of the molecule is Cc1cc(F)c(Br)cc1NC(=O)c1nc(C(=O)O)cs1. The quantitative estimate of drug-likeness (QED) is 0.881. The molecule has 104 valence electrons. The molecule has 0 aliphatic rings. The number of benzene rings is 1. The van der Waals surface area contributed by atoms with Gasteiger partial charge in [-0.25, -0.2) is 14.2 Å². The fourth-order valence-corrected chi connectivity index (χ4v) is 2.46. The smallest absolute Gasteiger partial charge is 0.355 e. The molecule has 1 aromatic heterocycles. The average molecular weight is 359 g/mol. The predicted octanol–water partition coefficient (Wildman–Crippen LogP) is 3.30. The van der Waals surface area contributed by atoms with Gasteiger partial charge in [0.1, 0.15) is 5.82 Å². The molecule has 0 saturated carbocycles. The molecule has 0 spiro atoms. The Morgan fingerprint density at radius 2 is 2.15 bits per heavy atom. The normalized spacial score (nSPS) is 10.3.